The van der Waals surface area contributed by atoms with Gasteiger partial charge in [-0.05, 0) is 24.3 Å². The Morgan fingerprint density at radius 3 is 2.79 bits per heavy atom. The van der Waals surface area contributed by atoms with Crippen LogP contribution in [0.2, 0.25) is 5.02 Å². The predicted octanol–water partition coefficient (Wildman–Crippen LogP) is 2.39. The van der Waals surface area contributed by atoms with Gasteiger partial charge in [-0.15, -0.1) is 11.3 Å². The fourth-order valence-corrected chi connectivity index (χ4v) is 3.08. The van der Waals surface area contributed by atoms with E-state index in [-0.39, 0.29) is 18.1 Å². The standard InChI is InChI=1S/C16H13ClN4O2S/c17-10-5-6-18-12(7-10)16(23)20-8-14(22)19-9-15-21-11-3-1-2-4-13(11)24-15/h1-7H,8-9H2,(H,19,22)(H,20,23). The molecule has 0 fully saturated rings. The van der Waals surface area contributed by atoms with Crippen LogP contribution in [-0.2, 0) is 11.3 Å². The summed E-state index contributed by atoms with van der Waals surface area (Å²) in [6.45, 7) is 0.182. The van der Waals surface area contributed by atoms with E-state index in [1.54, 1.807) is 6.07 Å². The van der Waals surface area contributed by atoms with Gasteiger partial charge in [-0.25, -0.2) is 4.98 Å². The number of aromatic nitrogens is 2. The number of nitrogens with zero attached hydrogens (tertiary/aromatic N) is 2. The molecule has 0 aliphatic carbocycles. The van der Waals surface area contributed by atoms with Crippen molar-refractivity contribution < 1.29 is 9.59 Å². The fraction of sp³-hybridized carbons (Fsp3) is 0.125. The van der Waals surface area contributed by atoms with Crippen molar-refractivity contribution in [3.05, 3.63) is 58.3 Å². The number of carbonyl (C=O) groups excluding carboxylic acids is 2. The van der Waals surface area contributed by atoms with Gasteiger partial charge in [0.25, 0.3) is 5.91 Å². The van der Waals surface area contributed by atoms with Gasteiger partial charge in [0.15, 0.2) is 0 Å². The molecule has 0 aliphatic rings. The number of halogens is 1. The van der Waals surface area contributed by atoms with Crippen molar-refractivity contribution in [1.29, 1.82) is 0 Å². The molecule has 1 aromatic carbocycles. The van der Waals surface area contributed by atoms with Gasteiger partial charge in [0.05, 0.1) is 23.3 Å². The first kappa shape index (κ1) is 16.4. The van der Waals surface area contributed by atoms with Crippen LogP contribution in [-0.4, -0.2) is 28.3 Å². The molecule has 3 rings (SSSR count). The number of carbonyl (C=O) groups is 2. The normalized spacial score (nSPS) is 10.5. The summed E-state index contributed by atoms with van der Waals surface area (Å²) in [5, 5.41) is 6.45. The lowest BCUT2D eigenvalue weighted by atomic mass is 10.3. The highest BCUT2D eigenvalue weighted by molar-refractivity contribution is 7.18. The number of para-hydroxylation sites is 1. The molecule has 3 aromatic rings. The van der Waals surface area contributed by atoms with Gasteiger partial charge in [-0.2, -0.15) is 0 Å². The van der Waals surface area contributed by atoms with Crippen LogP contribution in [0.4, 0.5) is 0 Å². The Morgan fingerprint density at radius 2 is 2.00 bits per heavy atom. The molecular formula is C16H13ClN4O2S. The molecule has 2 amide bonds. The van der Waals surface area contributed by atoms with Crippen LogP contribution < -0.4 is 10.6 Å². The SMILES string of the molecule is O=C(CNC(=O)c1cc(Cl)ccn1)NCc1nc2ccccc2s1. The van der Waals surface area contributed by atoms with Crippen molar-refractivity contribution in [2.24, 2.45) is 0 Å². The second-order valence-electron chi connectivity index (χ2n) is 4.89. The summed E-state index contributed by atoms with van der Waals surface area (Å²) in [6.07, 6.45) is 1.43. The van der Waals surface area contributed by atoms with Gasteiger partial charge in [0, 0.05) is 11.2 Å². The van der Waals surface area contributed by atoms with Crippen LogP contribution in [0.15, 0.2) is 42.6 Å². The van der Waals surface area contributed by atoms with Crippen LogP contribution in [0.1, 0.15) is 15.5 Å². The Hall–Kier alpha value is -2.51. The second-order valence-corrected chi connectivity index (χ2v) is 6.45. The van der Waals surface area contributed by atoms with Crippen molar-refractivity contribution in [3.8, 4) is 0 Å². The third-order valence-electron chi connectivity index (χ3n) is 3.14. The maximum atomic E-state index is 11.9. The van der Waals surface area contributed by atoms with Gasteiger partial charge >= 0.3 is 0 Å². The minimum Gasteiger partial charge on any atom is -0.348 e. The largest absolute Gasteiger partial charge is 0.348 e. The van der Waals surface area contributed by atoms with Crippen LogP contribution in [0.5, 0.6) is 0 Å². The van der Waals surface area contributed by atoms with Crippen molar-refractivity contribution >= 4 is 45.0 Å². The van der Waals surface area contributed by atoms with Crippen molar-refractivity contribution in [3.63, 3.8) is 0 Å². The van der Waals surface area contributed by atoms with E-state index in [2.05, 4.69) is 20.6 Å². The fourth-order valence-electron chi connectivity index (χ4n) is 2.01. The molecule has 6 nitrogen and oxygen atoms in total. The monoisotopic (exact) mass is 360 g/mol. The number of benzene rings is 1. The first-order valence-corrected chi connectivity index (χ1v) is 8.32. The molecule has 24 heavy (non-hydrogen) atoms. The number of pyridine rings is 1. The summed E-state index contributed by atoms with van der Waals surface area (Å²) in [4.78, 5) is 32.0. The summed E-state index contributed by atoms with van der Waals surface area (Å²) in [6, 6.07) is 10.8. The first-order chi connectivity index (χ1) is 11.6. The second kappa shape index (κ2) is 7.37. The van der Waals surface area contributed by atoms with Crippen molar-refractivity contribution in [1.82, 2.24) is 20.6 Å². The van der Waals surface area contributed by atoms with Gasteiger partial charge in [-0.3, -0.25) is 14.6 Å². The molecule has 0 bridgehead atoms. The Morgan fingerprint density at radius 1 is 1.17 bits per heavy atom. The van der Waals surface area contributed by atoms with Crippen LogP contribution >= 0.6 is 22.9 Å². The average Bonchev–Trinajstić information content (AvgIpc) is 3.00. The smallest absolute Gasteiger partial charge is 0.270 e. The van der Waals surface area contributed by atoms with E-state index in [9.17, 15) is 9.59 Å². The van der Waals surface area contributed by atoms with Gasteiger partial charge in [0.1, 0.15) is 10.7 Å². The maximum Gasteiger partial charge on any atom is 0.270 e. The zero-order valence-corrected chi connectivity index (χ0v) is 14.0. The lowest BCUT2D eigenvalue weighted by molar-refractivity contribution is -0.120. The van der Waals surface area contributed by atoms with Gasteiger partial charge < -0.3 is 10.6 Å². The summed E-state index contributed by atoms with van der Waals surface area (Å²) in [5.41, 5.74) is 1.08. The number of nitrogens with one attached hydrogen (secondary N) is 2. The molecule has 0 saturated heterocycles. The molecule has 0 radical (unpaired) electrons. The Bertz CT molecular complexity index is 863. The minimum atomic E-state index is -0.451. The average molecular weight is 361 g/mol. The Labute approximate surface area is 146 Å². The zero-order valence-electron chi connectivity index (χ0n) is 12.5. The summed E-state index contributed by atoms with van der Waals surface area (Å²) >= 11 is 7.32. The van der Waals surface area contributed by atoms with Gasteiger partial charge in [0.2, 0.25) is 5.91 Å². The highest BCUT2D eigenvalue weighted by Gasteiger charge is 2.10. The molecule has 0 atom stereocenters. The van der Waals surface area contributed by atoms with E-state index in [0.717, 1.165) is 15.2 Å². The van der Waals surface area contributed by atoms with Crippen LogP contribution in [0, 0.1) is 0 Å². The number of thiazole rings is 1. The number of amides is 2. The van der Waals surface area contributed by atoms with Crippen LogP contribution in [0.25, 0.3) is 10.2 Å². The molecule has 2 aromatic heterocycles. The van der Waals surface area contributed by atoms with Crippen molar-refractivity contribution in [2.75, 3.05) is 6.54 Å². The highest BCUT2D eigenvalue weighted by atomic mass is 35.5. The van der Waals surface area contributed by atoms with Crippen LogP contribution in [0.3, 0.4) is 0 Å². The van der Waals surface area contributed by atoms with E-state index < -0.39 is 5.91 Å². The number of fused-ring (bicyclic) bond motifs is 1. The molecule has 0 unspecified atom stereocenters. The maximum absolute atomic E-state index is 11.9. The number of hydrogen-bond acceptors (Lipinski definition) is 5. The van der Waals surface area contributed by atoms with E-state index in [1.165, 1.54) is 23.6 Å². The predicted molar refractivity (Wildman–Crippen MR) is 93.0 cm³/mol. The molecule has 2 heterocycles. The minimum absolute atomic E-state index is 0.141. The molecule has 8 heteroatoms. The van der Waals surface area contributed by atoms with E-state index in [4.69, 9.17) is 11.6 Å². The Kier molecular flexibility index (Phi) is 5.02. The first-order valence-electron chi connectivity index (χ1n) is 7.13. The summed E-state index contributed by atoms with van der Waals surface area (Å²) < 4.78 is 1.07. The van der Waals surface area contributed by atoms with E-state index >= 15 is 0 Å². The zero-order chi connectivity index (χ0) is 16.9. The number of rotatable bonds is 5. The molecule has 0 spiro atoms. The van der Waals surface area contributed by atoms with Crippen molar-refractivity contribution in [2.45, 2.75) is 6.54 Å². The summed E-state index contributed by atoms with van der Waals surface area (Å²) in [7, 11) is 0. The molecule has 0 saturated carbocycles. The summed E-state index contributed by atoms with van der Waals surface area (Å²) in [5.74, 6) is -0.753. The lowest BCUT2D eigenvalue weighted by Gasteiger charge is -2.05. The molecule has 122 valence electrons. The third-order valence-corrected chi connectivity index (χ3v) is 4.41. The quantitative estimate of drug-likeness (QED) is 0.731. The molecule has 0 aliphatic heterocycles. The molecule has 2 N–H and O–H groups in total. The van der Waals surface area contributed by atoms with Gasteiger partial charge in [-0.1, -0.05) is 23.7 Å². The highest BCUT2D eigenvalue weighted by Crippen LogP contribution is 2.21. The lowest BCUT2D eigenvalue weighted by Crippen LogP contribution is -2.36. The molecular weight excluding hydrogens is 348 g/mol. The van der Waals surface area contributed by atoms with E-state index in [0.29, 0.717) is 11.6 Å². The van der Waals surface area contributed by atoms with E-state index in [1.807, 2.05) is 24.3 Å². The number of hydrogen-bond donors (Lipinski definition) is 2. The Balaban J connectivity index is 1.49. The third kappa shape index (κ3) is 4.06. The topological polar surface area (TPSA) is 84.0 Å².